The average Bonchev–Trinajstić information content (AvgIpc) is 3.01. The molecule has 0 bridgehead atoms. The fourth-order valence-corrected chi connectivity index (χ4v) is 4.79. The Morgan fingerprint density at radius 1 is 1.23 bits per heavy atom. The van der Waals surface area contributed by atoms with E-state index in [4.69, 9.17) is 14.5 Å². The van der Waals surface area contributed by atoms with Gasteiger partial charge < -0.3 is 14.8 Å². The van der Waals surface area contributed by atoms with Gasteiger partial charge in [0.2, 0.25) is 0 Å². The van der Waals surface area contributed by atoms with E-state index < -0.39 is 9.84 Å². The summed E-state index contributed by atoms with van der Waals surface area (Å²) < 4.78 is 30.7. The van der Waals surface area contributed by atoms with Crippen molar-refractivity contribution in [1.29, 1.82) is 0 Å². The number of benzene rings is 1. The monoisotopic (exact) mass is 452 g/mol. The zero-order valence-electron chi connectivity index (χ0n) is 18.2. The van der Waals surface area contributed by atoms with E-state index in [0.717, 1.165) is 65.2 Å². The fourth-order valence-electron chi connectivity index (χ4n) is 3.83. The predicted molar refractivity (Wildman–Crippen MR) is 124 cm³/mol. The second-order valence-corrected chi connectivity index (χ2v) is 11.7. The van der Waals surface area contributed by atoms with Gasteiger partial charge in [0, 0.05) is 35.9 Å². The number of rotatable bonds is 4. The van der Waals surface area contributed by atoms with E-state index in [1.807, 2.05) is 12.1 Å². The summed E-state index contributed by atoms with van der Waals surface area (Å²) in [5, 5.41) is 4.64. The minimum atomic E-state index is -2.67. The van der Waals surface area contributed by atoms with Gasteiger partial charge >= 0.3 is 0 Å². The van der Waals surface area contributed by atoms with Crippen LogP contribution in [0.5, 0.6) is 11.5 Å². The predicted octanol–water partition coefficient (Wildman–Crippen LogP) is 4.65. The van der Waals surface area contributed by atoms with E-state index in [-0.39, 0.29) is 0 Å². The molecule has 30 heavy (non-hydrogen) atoms. The van der Waals surface area contributed by atoms with Crippen LogP contribution in [0.2, 0.25) is 0 Å². The number of para-hydroxylation sites is 1. The van der Waals surface area contributed by atoms with Gasteiger partial charge in [-0.1, -0.05) is 25.8 Å². The Labute approximate surface area is 183 Å². The number of fused-ring (bicyclic) bond motifs is 3. The largest absolute Gasteiger partial charge is 0.493 e. The van der Waals surface area contributed by atoms with Crippen molar-refractivity contribution in [2.45, 2.75) is 39.0 Å². The molecule has 0 spiro atoms. The van der Waals surface area contributed by atoms with Crippen molar-refractivity contribution >= 4 is 26.3 Å². The molecule has 0 amide bonds. The van der Waals surface area contributed by atoms with Crippen molar-refractivity contribution in [1.82, 2.24) is 4.98 Å². The molecule has 2 heterocycles. The molecule has 1 saturated carbocycles. The minimum Gasteiger partial charge on any atom is -0.493 e. The number of nitrogens with one attached hydrogen (secondary N) is 1. The number of nitrogens with zero attached hydrogens (tertiary/aromatic N) is 1. The van der Waals surface area contributed by atoms with E-state index in [2.05, 4.69) is 18.3 Å². The zero-order valence-corrected chi connectivity index (χ0v) is 19.9. The molecule has 2 aromatic rings. The van der Waals surface area contributed by atoms with Gasteiger partial charge in [0.15, 0.2) is 16.6 Å². The van der Waals surface area contributed by atoms with Crippen LogP contribution in [0.1, 0.15) is 37.5 Å². The number of anilines is 1. The van der Waals surface area contributed by atoms with E-state index in [1.165, 1.54) is 30.6 Å². The smallest absolute Gasteiger partial charge is 0.183 e. The normalized spacial score (nSPS) is 20.5. The van der Waals surface area contributed by atoms with Gasteiger partial charge in [-0.3, -0.25) is 0 Å². The highest BCUT2D eigenvalue weighted by Gasteiger charge is 2.23. The molecule has 4 rings (SSSR count). The van der Waals surface area contributed by atoms with Crippen LogP contribution in [0.3, 0.4) is 0 Å². The lowest BCUT2D eigenvalue weighted by Gasteiger charge is -2.26. The summed E-state index contributed by atoms with van der Waals surface area (Å²) in [7, 11) is -0.982. The Kier molecular flexibility index (Phi) is 7.63. The lowest BCUT2D eigenvalue weighted by molar-refractivity contribution is 0.300. The first-order valence-electron chi connectivity index (χ1n) is 10.4. The maximum Gasteiger partial charge on any atom is 0.183 e. The molecule has 0 atom stereocenters. The van der Waals surface area contributed by atoms with Gasteiger partial charge in [-0.15, -0.1) is 11.3 Å². The Morgan fingerprint density at radius 2 is 1.93 bits per heavy atom. The first-order valence-corrected chi connectivity index (χ1v) is 13.5. The zero-order chi connectivity index (χ0) is 21.7. The van der Waals surface area contributed by atoms with Crippen molar-refractivity contribution in [3.63, 3.8) is 0 Å². The highest BCUT2D eigenvalue weighted by molar-refractivity contribution is 7.89. The van der Waals surface area contributed by atoms with Crippen molar-refractivity contribution in [2.24, 2.45) is 11.8 Å². The summed E-state index contributed by atoms with van der Waals surface area (Å²) in [6, 6.07) is 6.03. The van der Waals surface area contributed by atoms with Crippen LogP contribution in [-0.4, -0.2) is 46.2 Å². The van der Waals surface area contributed by atoms with Crippen molar-refractivity contribution in [3.8, 4) is 22.8 Å². The van der Waals surface area contributed by atoms with Crippen LogP contribution in [0, 0.1) is 11.8 Å². The molecule has 1 aromatic carbocycles. The third kappa shape index (κ3) is 6.35. The molecule has 1 aliphatic heterocycles. The second-order valence-electron chi connectivity index (χ2n) is 8.38. The third-order valence-corrected chi connectivity index (χ3v) is 6.48. The highest BCUT2D eigenvalue weighted by atomic mass is 32.2. The first kappa shape index (κ1) is 22.9. The SMILES string of the molecule is COc1cccc2c1OCCc1sc(NCC3CCC(C)CC3)nc1-2.CS(C)(=O)=O. The molecule has 1 fully saturated rings. The van der Waals surface area contributed by atoms with Gasteiger partial charge in [0.1, 0.15) is 9.84 Å². The Morgan fingerprint density at radius 3 is 2.60 bits per heavy atom. The summed E-state index contributed by atoms with van der Waals surface area (Å²) in [5.41, 5.74) is 2.10. The summed E-state index contributed by atoms with van der Waals surface area (Å²) >= 11 is 1.77. The third-order valence-electron chi connectivity index (χ3n) is 5.40. The Hall–Kier alpha value is -1.80. The van der Waals surface area contributed by atoms with Crippen LogP contribution >= 0.6 is 11.3 Å². The van der Waals surface area contributed by atoms with E-state index in [0.29, 0.717) is 6.61 Å². The molecule has 166 valence electrons. The number of aromatic nitrogens is 1. The van der Waals surface area contributed by atoms with Gasteiger partial charge in [0.05, 0.1) is 19.4 Å². The molecule has 1 aromatic heterocycles. The first-order chi connectivity index (χ1) is 14.2. The Bertz CT molecular complexity index is 940. The number of hydrogen-bond acceptors (Lipinski definition) is 7. The molecule has 1 N–H and O–H groups in total. The van der Waals surface area contributed by atoms with Crippen LogP contribution in [0.15, 0.2) is 18.2 Å². The second kappa shape index (κ2) is 10.0. The van der Waals surface area contributed by atoms with Gasteiger partial charge in [0.25, 0.3) is 0 Å². The quantitative estimate of drug-likeness (QED) is 0.727. The number of sulfone groups is 1. The number of ether oxygens (including phenoxy) is 2. The molecular weight excluding hydrogens is 420 g/mol. The van der Waals surface area contributed by atoms with E-state index in [1.54, 1.807) is 18.4 Å². The lowest BCUT2D eigenvalue weighted by atomic mass is 9.83. The average molecular weight is 453 g/mol. The molecule has 1 aliphatic carbocycles. The van der Waals surface area contributed by atoms with Crippen molar-refractivity contribution in [2.75, 3.05) is 38.1 Å². The van der Waals surface area contributed by atoms with E-state index >= 15 is 0 Å². The highest BCUT2D eigenvalue weighted by Crippen LogP contribution is 2.43. The molecule has 0 unspecified atom stereocenters. The molecule has 6 nitrogen and oxygen atoms in total. The summed E-state index contributed by atoms with van der Waals surface area (Å²) in [6.45, 7) is 4.08. The van der Waals surface area contributed by atoms with Crippen LogP contribution in [-0.2, 0) is 16.3 Å². The number of thiazole rings is 1. The maximum atomic E-state index is 9.63. The molecule has 2 aliphatic rings. The van der Waals surface area contributed by atoms with Gasteiger partial charge in [-0.05, 0) is 36.8 Å². The van der Waals surface area contributed by atoms with Gasteiger partial charge in [-0.2, -0.15) is 0 Å². The van der Waals surface area contributed by atoms with Crippen molar-refractivity contribution in [3.05, 3.63) is 23.1 Å². The van der Waals surface area contributed by atoms with Crippen LogP contribution in [0.4, 0.5) is 5.13 Å². The maximum absolute atomic E-state index is 9.63. The van der Waals surface area contributed by atoms with Gasteiger partial charge in [-0.25, -0.2) is 13.4 Å². The fraction of sp³-hybridized carbons (Fsp3) is 0.591. The number of methoxy groups -OCH3 is 1. The number of hydrogen-bond donors (Lipinski definition) is 1. The lowest BCUT2D eigenvalue weighted by Crippen LogP contribution is -2.20. The van der Waals surface area contributed by atoms with E-state index in [9.17, 15) is 8.42 Å². The molecular formula is C22H32N2O4S2. The standard InChI is InChI=1S/C20H26N2O2S.C2H6O2S/c1-13-6-8-14(9-7-13)12-21-20-22-18-15-4-3-5-16(23-2)19(15)24-11-10-17(18)25-20;1-5(2,3)4/h3-5,13-14H,6-12H2,1-2H3,(H,21,22);1-2H3. The summed E-state index contributed by atoms with van der Waals surface area (Å²) in [6.07, 6.45) is 8.63. The molecule has 8 heteroatoms. The van der Waals surface area contributed by atoms with Crippen molar-refractivity contribution < 1.29 is 17.9 Å². The Balaban J connectivity index is 0.000000461. The topological polar surface area (TPSA) is 77.5 Å². The summed E-state index contributed by atoms with van der Waals surface area (Å²) in [4.78, 5) is 6.20. The van der Waals surface area contributed by atoms with Crippen LogP contribution < -0.4 is 14.8 Å². The summed E-state index contributed by atoms with van der Waals surface area (Å²) in [5.74, 6) is 3.29. The molecule has 0 radical (unpaired) electrons. The molecule has 0 saturated heterocycles. The van der Waals surface area contributed by atoms with Crippen LogP contribution in [0.25, 0.3) is 11.3 Å². The minimum absolute atomic E-state index is 0.669.